The van der Waals surface area contributed by atoms with Gasteiger partial charge in [-0.1, -0.05) is 0 Å². The number of hydrogen-bond acceptors (Lipinski definition) is 3. The normalized spacial score (nSPS) is 14.6. The van der Waals surface area contributed by atoms with E-state index in [0.29, 0.717) is 0 Å². The molecule has 0 radical (unpaired) electrons. The molecule has 0 saturated carbocycles. The highest BCUT2D eigenvalue weighted by Gasteiger charge is 2.46. The minimum Gasteiger partial charge on any atom is -0.494 e. The van der Waals surface area contributed by atoms with Crippen LogP contribution in [0.25, 0.3) is 11.1 Å². The number of ether oxygens (including phenoxy) is 3. The first-order chi connectivity index (χ1) is 10.4. The van der Waals surface area contributed by atoms with E-state index in [2.05, 4.69) is 4.74 Å². The van der Waals surface area contributed by atoms with Gasteiger partial charge < -0.3 is 14.2 Å². The van der Waals surface area contributed by atoms with E-state index in [4.69, 9.17) is 9.47 Å². The molecule has 2 aromatic carbocycles. The van der Waals surface area contributed by atoms with Gasteiger partial charge in [-0.25, -0.2) is 4.39 Å². The van der Waals surface area contributed by atoms with Crippen LogP contribution in [0.5, 0.6) is 17.2 Å². The fourth-order valence-electron chi connectivity index (χ4n) is 2.41. The van der Waals surface area contributed by atoms with Crippen molar-refractivity contribution in [2.75, 3.05) is 14.2 Å². The number of benzene rings is 2. The lowest BCUT2D eigenvalue weighted by Crippen LogP contribution is -2.28. The Morgan fingerprint density at radius 3 is 2.00 bits per heavy atom. The third-order valence-electron chi connectivity index (χ3n) is 3.42. The monoisotopic (exact) mass is 314 g/mol. The summed E-state index contributed by atoms with van der Waals surface area (Å²) >= 11 is 0. The highest BCUT2D eigenvalue weighted by molar-refractivity contribution is 5.78. The lowest BCUT2D eigenvalue weighted by molar-refractivity contribution is -0.190. The SMILES string of the molecule is COc1ccc2c(c1F)OC(F)(F)c1c-2ccc(OC)c1F. The molecule has 0 fully saturated rings. The van der Waals surface area contributed by atoms with Gasteiger partial charge in [-0.2, -0.15) is 13.2 Å². The second-order valence-electron chi connectivity index (χ2n) is 4.58. The Hall–Kier alpha value is -2.44. The molecule has 2 aromatic rings. The standard InChI is InChI=1S/C15H10F4O3/c1-20-9-5-3-7-8-4-6-10(21-2)13(17)14(8)22-15(18,19)11(7)12(9)16/h3-6H,1-2H3. The number of rotatable bonds is 2. The van der Waals surface area contributed by atoms with E-state index in [0.717, 1.165) is 7.11 Å². The molecule has 3 rings (SSSR count). The number of fused-ring (bicyclic) bond motifs is 3. The number of hydrogen-bond donors (Lipinski definition) is 0. The molecule has 0 amide bonds. The van der Waals surface area contributed by atoms with Crippen molar-refractivity contribution in [3.05, 3.63) is 41.5 Å². The highest BCUT2D eigenvalue weighted by Crippen LogP contribution is 2.51. The van der Waals surface area contributed by atoms with Crippen molar-refractivity contribution in [1.82, 2.24) is 0 Å². The van der Waals surface area contributed by atoms with E-state index in [9.17, 15) is 17.6 Å². The average molecular weight is 314 g/mol. The predicted octanol–water partition coefficient (Wildman–Crippen LogP) is 4.09. The Morgan fingerprint density at radius 2 is 1.41 bits per heavy atom. The smallest absolute Gasteiger partial charge is 0.430 e. The summed E-state index contributed by atoms with van der Waals surface area (Å²) in [4.78, 5) is 0. The molecular formula is C15H10F4O3. The third kappa shape index (κ3) is 1.88. The molecule has 1 aliphatic heterocycles. The molecule has 0 spiro atoms. The molecule has 0 bridgehead atoms. The molecule has 1 aliphatic rings. The van der Waals surface area contributed by atoms with Gasteiger partial charge in [0.15, 0.2) is 23.1 Å². The van der Waals surface area contributed by atoms with Gasteiger partial charge in [0, 0.05) is 11.1 Å². The summed E-state index contributed by atoms with van der Waals surface area (Å²) in [5.41, 5.74) is -1.13. The minimum absolute atomic E-state index is 0.0146. The lowest BCUT2D eigenvalue weighted by atomic mass is 9.94. The van der Waals surface area contributed by atoms with E-state index in [-0.39, 0.29) is 22.6 Å². The van der Waals surface area contributed by atoms with E-state index < -0.39 is 29.1 Å². The van der Waals surface area contributed by atoms with E-state index in [1.54, 1.807) is 0 Å². The number of alkyl halides is 2. The first-order valence-electron chi connectivity index (χ1n) is 6.21. The van der Waals surface area contributed by atoms with Gasteiger partial charge in [0.2, 0.25) is 5.82 Å². The Labute approximate surface area is 123 Å². The minimum atomic E-state index is -4.03. The molecule has 22 heavy (non-hydrogen) atoms. The molecular weight excluding hydrogens is 304 g/mol. The molecule has 7 heteroatoms. The Morgan fingerprint density at radius 1 is 0.864 bits per heavy atom. The van der Waals surface area contributed by atoms with Crippen molar-refractivity contribution in [3.63, 3.8) is 0 Å². The molecule has 116 valence electrons. The molecule has 3 nitrogen and oxygen atoms in total. The van der Waals surface area contributed by atoms with Crippen LogP contribution in [0.2, 0.25) is 0 Å². The van der Waals surface area contributed by atoms with Crippen LogP contribution in [0, 0.1) is 11.6 Å². The third-order valence-corrected chi connectivity index (χ3v) is 3.42. The Kier molecular flexibility index (Phi) is 3.16. The maximum absolute atomic E-state index is 14.2. The topological polar surface area (TPSA) is 27.7 Å². The van der Waals surface area contributed by atoms with Crippen molar-refractivity contribution in [3.8, 4) is 28.4 Å². The molecule has 0 atom stereocenters. The molecule has 1 heterocycles. The van der Waals surface area contributed by atoms with Crippen LogP contribution in [0.3, 0.4) is 0 Å². The Balaban J connectivity index is 2.34. The Bertz CT molecular complexity index is 759. The fraction of sp³-hybridized carbons (Fsp3) is 0.200. The predicted molar refractivity (Wildman–Crippen MR) is 69.4 cm³/mol. The summed E-state index contributed by atoms with van der Waals surface area (Å²) in [5.74, 6) is -3.58. The van der Waals surface area contributed by atoms with Gasteiger partial charge in [-0.15, -0.1) is 0 Å². The summed E-state index contributed by atoms with van der Waals surface area (Å²) in [7, 11) is 2.36. The highest BCUT2D eigenvalue weighted by atomic mass is 19.3. The summed E-state index contributed by atoms with van der Waals surface area (Å²) in [6, 6.07) is 5.02. The maximum atomic E-state index is 14.2. The van der Waals surface area contributed by atoms with Crippen molar-refractivity contribution in [2.45, 2.75) is 6.11 Å². The summed E-state index contributed by atoms with van der Waals surface area (Å²) in [6.45, 7) is 0. The van der Waals surface area contributed by atoms with Gasteiger partial charge in [-0.3, -0.25) is 0 Å². The van der Waals surface area contributed by atoms with Gasteiger partial charge in [0.05, 0.1) is 14.2 Å². The summed E-state index contributed by atoms with van der Waals surface area (Å²) < 4.78 is 70.5. The van der Waals surface area contributed by atoms with Crippen LogP contribution in [0.4, 0.5) is 17.6 Å². The van der Waals surface area contributed by atoms with E-state index >= 15 is 0 Å². The van der Waals surface area contributed by atoms with Crippen molar-refractivity contribution in [1.29, 1.82) is 0 Å². The van der Waals surface area contributed by atoms with Crippen LogP contribution < -0.4 is 14.2 Å². The van der Waals surface area contributed by atoms with Crippen LogP contribution in [-0.2, 0) is 6.11 Å². The number of methoxy groups -OCH3 is 2. The molecule has 0 N–H and O–H groups in total. The zero-order valence-corrected chi connectivity index (χ0v) is 11.5. The molecule has 0 aliphatic carbocycles. The van der Waals surface area contributed by atoms with Gasteiger partial charge in [0.1, 0.15) is 5.56 Å². The first-order valence-corrected chi connectivity index (χ1v) is 6.21. The van der Waals surface area contributed by atoms with Crippen LogP contribution in [0.1, 0.15) is 5.56 Å². The summed E-state index contributed by atoms with van der Waals surface area (Å²) in [6.07, 6.45) is -4.03. The van der Waals surface area contributed by atoms with Crippen LogP contribution in [-0.4, -0.2) is 14.2 Å². The van der Waals surface area contributed by atoms with Crippen molar-refractivity contribution < 1.29 is 31.8 Å². The summed E-state index contributed by atoms with van der Waals surface area (Å²) in [5, 5.41) is 0. The zero-order chi connectivity index (χ0) is 16.1. The van der Waals surface area contributed by atoms with E-state index in [1.807, 2.05) is 0 Å². The van der Waals surface area contributed by atoms with Crippen LogP contribution >= 0.6 is 0 Å². The van der Waals surface area contributed by atoms with Gasteiger partial charge >= 0.3 is 6.11 Å². The lowest BCUT2D eigenvalue weighted by Gasteiger charge is -2.29. The molecule has 0 saturated heterocycles. The molecule has 0 aromatic heterocycles. The zero-order valence-electron chi connectivity index (χ0n) is 11.5. The maximum Gasteiger partial charge on any atom is 0.430 e. The van der Waals surface area contributed by atoms with Crippen molar-refractivity contribution in [2.24, 2.45) is 0 Å². The van der Waals surface area contributed by atoms with Crippen LogP contribution in [0.15, 0.2) is 24.3 Å². The van der Waals surface area contributed by atoms with Crippen molar-refractivity contribution >= 4 is 0 Å². The second kappa shape index (κ2) is 4.79. The first kappa shape index (κ1) is 14.5. The van der Waals surface area contributed by atoms with E-state index in [1.165, 1.54) is 31.4 Å². The quantitative estimate of drug-likeness (QED) is 0.781. The van der Waals surface area contributed by atoms with Gasteiger partial charge in [0.25, 0.3) is 0 Å². The average Bonchev–Trinajstić information content (AvgIpc) is 2.48. The fourth-order valence-corrected chi connectivity index (χ4v) is 2.41. The molecule has 0 unspecified atom stereocenters. The van der Waals surface area contributed by atoms with Gasteiger partial charge in [-0.05, 0) is 24.3 Å². The largest absolute Gasteiger partial charge is 0.494 e. The number of halogens is 4. The second-order valence-corrected chi connectivity index (χ2v) is 4.58.